The molecule has 3 aromatic rings. The molecule has 0 aromatic heterocycles. The van der Waals surface area contributed by atoms with Crippen molar-refractivity contribution in [2.24, 2.45) is 0 Å². The summed E-state index contributed by atoms with van der Waals surface area (Å²) in [5, 5.41) is 5.70. The number of hydrogen-bond acceptors (Lipinski definition) is 2. The Hall–Kier alpha value is -3.40. The highest BCUT2D eigenvalue weighted by Gasteiger charge is 2.11. The molecule has 0 spiro atoms. The minimum Gasteiger partial charge on any atom is -0.322 e. The molecule has 4 heteroatoms. The number of amides is 2. The van der Waals surface area contributed by atoms with Crippen LogP contribution in [-0.2, 0) is 6.42 Å². The minimum atomic E-state index is -0.249. The zero-order valence-corrected chi connectivity index (χ0v) is 15.5. The fraction of sp³-hybridized carbons (Fsp3) is 0.130. The SMILES string of the molecule is CCc1ccc(NC(=O)c2cccc(C(=O)Nc3ccc(C)cc3)c2)cc1. The Labute approximate surface area is 159 Å². The highest BCUT2D eigenvalue weighted by molar-refractivity contribution is 6.08. The standard InChI is InChI=1S/C23H22N2O2/c1-3-17-9-13-21(14-10-17)25-23(27)19-6-4-5-18(15-19)22(26)24-20-11-7-16(2)8-12-20/h4-15H,3H2,1-2H3,(H,24,26)(H,25,27). The maximum absolute atomic E-state index is 12.5. The van der Waals surface area contributed by atoms with E-state index in [9.17, 15) is 9.59 Å². The fourth-order valence-electron chi connectivity index (χ4n) is 2.67. The van der Waals surface area contributed by atoms with Gasteiger partial charge in [0.1, 0.15) is 0 Å². The van der Waals surface area contributed by atoms with E-state index in [1.807, 2.05) is 55.5 Å². The van der Waals surface area contributed by atoms with Crippen molar-refractivity contribution in [3.63, 3.8) is 0 Å². The van der Waals surface area contributed by atoms with Crippen LogP contribution in [0.4, 0.5) is 11.4 Å². The van der Waals surface area contributed by atoms with Gasteiger partial charge in [-0.2, -0.15) is 0 Å². The van der Waals surface area contributed by atoms with Crippen molar-refractivity contribution < 1.29 is 9.59 Å². The molecule has 0 aliphatic rings. The molecule has 27 heavy (non-hydrogen) atoms. The summed E-state index contributed by atoms with van der Waals surface area (Å²) in [5.41, 5.74) is 4.65. The zero-order chi connectivity index (χ0) is 19.2. The zero-order valence-electron chi connectivity index (χ0n) is 15.5. The Balaban J connectivity index is 1.70. The van der Waals surface area contributed by atoms with Crippen molar-refractivity contribution in [2.75, 3.05) is 10.6 Å². The van der Waals surface area contributed by atoms with E-state index < -0.39 is 0 Å². The Morgan fingerprint density at radius 2 is 1.22 bits per heavy atom. The van der Waals surface area contributed by atoms with Crippen LogP contribution in [0.25, 0.3) is 0 Å². The Bertz CT molecular complexity index is 945. The van der Waals surface area contributed by atoms with Crippen molar-refractivity contribution >= 4 is 23.2 Å². The number of rotatable bonds is 5. The molecular weight excluding hydrogens is 336 g/mol. The summed E-state index contributed by atoms with van der Waals surface area (Å²) in [6.45, 7) is 4.07. The molecule has 0 saturated heterocycles. The molecule has 0 unspecified atom stereocenters. The van der Waals surface area contributed by atoms with E-state index in [0.29, 0.717) is 11.1 Å². The van der Waals surface area contributed by atoms with Gasteiger partial charge in [0.15, 0.2) is 0 Å². The lowest BCUT2D eigenvalue weighted by atomic mass is 10.1. The predicted octanol–water partition coefficient (Wildman–Crippen LogP) is 5.06. The predicted molar refractivity (Wildman–Crippen MR) is 109 cm³/mol. The monoisotopic (exact) mass is 358 g/mol. The molecule has 0 aliphatic carbocycles. The first kappa shape index (κ1) is 18.4. The van der Waals surface area contributed by atoms with Crippen molar-refractivity contribution in [3.8, 4) is 0 Å². The number of benzene rings is 3. The molecule has 3 aromatic carbocycles. The number of anilines is 2. The lowest BCUT2D eigenvalue weighted by Gasteiger charge is -2.09. The largest absolute Gasteiger partial charge is 0.322 e. The average Bonchev–Trinajstić information content (AvgIpc) is 2.70. The van der Waals surface area contributed by atoms with Crippen LogP contribution in [0.15, 0.2) is 72.8 Å². The maximum Gasteiger partial charge on any atom is 0.255 e. The lowest BCUT2D eigenvalue weighted by molar-refractivity contribution is 0.102. The van der Waals surface area contributed by atoms with Crippen LogP contribution in [0.1, 0.15) is 38.8 Å². The Morgan fingerprint density at radius 3 is 1.70 bits per heavy atom. The van der Waals surface area contributed by atoms with Gasteiger partial charge in [0.2, 0.25) is 0 Å². The summed E-state index contributed by atoms with van der Waals surface area (Å²) in [4.78, 5) is 25.0. The van der Waals surface area contributed by atoms with Crippen molar-refractivity contribution in [3.05, 3.63) is 95.1 Å². The molecule has 4 nitrogen and oxygen atoms in total. The summed E-state index contributed by atoms with van der Waals surface area (Å²) in [5.74, 6) is -0.495. The minimum absolute atomic E-state index is 0.246. The topological polar surface area (TPSA) is 58.2 Å². The highest BCUT2D eigenvalue weighted by atomic mass is 16.2. The van der Waals surface area contributed by atoms with Gasteiger partial charge in [0, 0.05) is 22.5 Å². The van der Waals surface area contributed by atoms with Gasteiger partial charge in [-0.3, -0.25) is 9.59 Å². The summed E-state index contributed by atoms with van der Waals surface area (Å²) in [7, 11) is 0. The highest BCUT2D eigenvalue weighted by Crippen LogP contribution is 2.15. The first-order valence-electron chi connectivity index (χ1n) is 8.93. The quantitative estimate of drug-likeness (QED) is 0.669. The summed E-state index contributed by atoms with van der Waals surface area (Å²) < 4.78 is 0. The molecule has 0 aliphatic heterocycles. The van der Waals surface area contributed by atoms with E-state index in [1.165, 1.54) is 5.56 Å². The molecule has 0 heterocycles. The van der Waals surface area contributed by atoms with Gasteiger partial charge in [-0.1, -0.05) is 42.8 Å². The molecule has 0 saturated carbocycles. The number of carbonyl (C=O) groups excluding carboxylic acids is 2. The van der Waals surface area contributed by atoms with Crippen LogP contribution < -0.4 is 10.6 Å². The molecule has 0 atom stereocenters. The Morgan fingerprint density at radius 1 is 0.741 bits per heavy atom. The van der Waals surface area contributed by atoms with Crippen LogP contribution in [0.5, 0.6) is 0 Å². The third-order valence-electron chi connectivity index (χ3n) is 4.32. The van der Waals surface area contributed by atoms with Crippen molar-refractivity contribution in [1.29, 1.82) is 0 Å². The van der Waals surface area contributed by atoms with Crippen molar-refractivity contribution in [2.45, 2.75) is 20.3 Å². The number of nitrogens with one attached hydrogen (secondary N) is 2. The lowest BCUT2D eigenvalue weighted by Crippen LogP contribution is -2.15. The van der Waals surface area contributed by atoms with Gasteiger partial charge in [0.25, 0.3) is 11.8 Å². The van der Waals surface area contributed by atoms with Gasteiger partial charge >= 0.3 is 0 Å². The van der Waals surface area contributed by atoms with E-state index in [2.05, 4.69) is 17.6 Å². The van der Waals surface area contributed by atoms with Crippen LogP contribution >= 0.6 is 0 Å². The normalized spacial score (nSPS) is 10.3. The van der Waals surface area contributed by atoms with Crippen molar-refractivity contribution in [1.82, 2.24) is 0 Å². The van der Waals surface area contributed by atoms with Crippen LogP contribution in [0.3, 0.4) is 0 Å². The third-order valence-corrected chi connectivity index (χ3v) is 4.32. The first-order chi connectivity index (χ1) is 13.0. The second-order valence-corrected chi connectivity index (χ2v) is 6.41. The van der Waals surface area contributed by atoms with E-state index in [0.717, 1.165) is 23.4 Å². The van der Waals surface area contributed by atoms with Crippen LogP contribution in [0.2, 0.25) is 0 Å². The van der Waals surface area contributed by atoms with Gasteiger partial charge < -0.3 is 10.6 Å². The maximum atomic E-state index is 12.5. The molecule has 3 rings (SSSR count). The molecule has 0 fully saturated rings. The molecule has 2 amide bonds. The van der Waals surface area contributed by atoms with Crippen LogP contribution in [0, 0.1) is 6.92 Å². The van der Waals surface area contributed by atoms with E-state index >= 15 is 0 Å². The second-order valence-electron chi connectivity index (χ2n) is 6.41. The van der Waals surface area contributed by atoms with Gasteiger partial charge in [-0.15, -0.1) is 0 Å². The molecule has 0 radical (unpaired) electrons. The van der Waals surface area contributed by atoms with Gasteiger partial charge in [-0.05, 0) is 61.4 Å². The summed E-state index contributed by atoms with van der Waals surface area (Å²) in [6.07, 6.45) is 0.951. The second kappa shape index (κ2) is 8.32. The van der Waals surface area contributed by atoms with Gasteiger partial charge in [-0.25, -0.2) is 0 Å². The van der Waals surface area contributed by atoms with E-state index in [4.69, 9.17) is 0 Å². The van der Waals surface area contributed by atoms with E-state index in [-0.39, 0.29) is 11.8 Å². The summed E-state index contributed by atoms with van der Waals surface area (Å²) >= 11 is 0. The van der Waals surface area contributed by atoms with E-state index in [1.54, 1.807) is 24.3 Å². The first-order valence-corrected chi connectivity index (χ1v) is 8.93. The smallest absolute Gasteiger partial charge is 0.255 e. The average molecular weight is 358 g/mol. The molecular formula is C23H22N2O2. The third kappa shape index (κ3) is 4.82. The fourth-order valence-corrected chi connectivity index (χ4v) is 2.67. The number of aryl methyl sites for hydroxylation is 2. The Kier molecular flexibility index (Phi) is 5.67. The molecule has 136 valence electrons. The van der Waals surface area contributed by atoms with Gasteiger partial charge in [0.05, 0.1) is 0 Å². The molecule has 0 bridgehead atoms. The number of carbonyl (C=O) groups is 2. The summed E-state index contributed by atoms with van der Waals surface area (Å²) in [6, 6.07) is 22.0. The number of hydrogen-bond donors (Lipinski definition) is 2. The van der Waals surface area contributed by atoms with Crippen LogP contribution in [-0.4, -0.2) is 11.8 Å². The molecule has 2 N–H and O–H groups in total.